The minimum Gasteiger partial charge on any atom is -0.379 e. The first kappa shape index (κ1) is 11.0. The van der Waals surface area contributed by atoms with E-state index in [0.29, 0.717) is 12.5 Å². The third kappa shape index (κ3) is 3.25. The van der Waals surface area contributed by atoms with Gasteiger partial charge in [-0.05, 0) is 20.8 Å². The average Bonchev–Trinajstić information content (AvgIpc) is 2.07. The standard InChI is InChI=1S/C10H20O3/c1-5-11-7-9-8(2)6-12-10(3,4)13-9/h8-9H,5-7H2,1-4H3. The predicted molar refractivity (Wildman–Crippen MR) is 50.6 cm³/mol. The summed E-state index contributed by atoms with van der Waals surface area (Å²) < 4.78 is 16.6. The van der Waals surface area contributed by atoms with E-state index in [2.05, 4.69) is 6.92 Å². The van der Waals surface area contributed by atoms with Crippen molar-refractivity contribution >= 4 is 0 Å². The highest BCUT2D eigenvalue weighted by Gasteiger charge is 2.33. The van der Waals surface area contributed by atoms with E-state index in [9.17, 15) is 0 Å². The van der Waals surface area contributed by atoms with Crippen LogP contribution in [0.1, 0.15) is 27.7 Å². The lowest BCUT2D eigenvalue weighted by atomic mass is 10.0. The maximum Gasteiger partial charge on any atom is 0.163 e. The lowest BCUT2D eigenvalue weighted by molar-refractivity contribution is -0.297. The van der Waals surface area contributed by atoms with E-state index in [-0.39, 0.29) is 6.10 Å². The minimum absolute atomic E-state index is 0.170. The quantitative estimate of drug-likeness (QED) is 0.676. The van der Waals surface area contributed by atoms with E-state index in [0.717, 1.165) is 13.2 Å². The highest BCUT2D eigenvalue weighted by Crippen LogP contribution is 2.25. The molecule has 3 nitrogen and oxygen atoms in total. The molecule has 13 heavy (non-hydrogen) atoms. The summed E-state index contributed by atoms with van der Waals surface area (Å²) in [6.45, 7) is 10.2. The Balaban J connectivity index is 2.41. The first-order valence-corrected chi connectivity index (χ1v) is 4.94. The van der Waals surface area contributed by atoms with E-state index in [1.807, 2.05) is 20.8 Å². The van der Waals surface area contributed by atoms with Gasteiger partial charge in [0, 0.05) is 12.5 Å². The molecular weight excluding hydrogens is 168 g/mol. The van der Waals surface area contributed by atoms with Crippen molar-refractivity contribution in [2.75, 3.05) is 19.8 Å². The van der Waals surface area contributed by atoms with Crippen molar-refractivity contribution in [3.05, 3.63) is 0 Å². The van der Waals surface area contributed by atoms with Gasteiger partial charge in [0.15, 0.2) is 5.79 Å². The van der Waals surface area contributed by atoms with Gasteiger partial charge in [-0.15, -0.1) is 0 Å². The van der Waals surface area contributed by atoms with Crippen LogP contribution in [0.25, 0.3) is 0 Å². The SMILES string of the molecule is CCOCC1OC(C)(C)OCC1C. The summed E-state index contributed by atoms with van der Waals surface area (Å²) in [5.41, 5.74) is 0. The normalized spacial score (nSPS) is 33.2. The van der Waals surface area contributed by atoms with Crippen LogP contribution in [0.15, 0.2) is 0 Å². The molecule has 0 radical (unpaired) electrons. The molecule has 0 bridgehead atoms. The molecule has 0 N–H and O–H groups in total. The van der Waals surface area contributed by atoms with E-state index < -0.39 is 5.79 Å². The van der Waals surface area contributed by atoms with Crippen molar-refractivity contribution in [3.63, 3.8) is 0 Å². The van der Waals surface area contributed by atoms with Crippen molar-refractivity contribution in [1.82, 2.24) is 0 Å². The van der Waals surface area contributed by atoms with Gasteiger partial charge in [-0.2, -0.15) is 0 Å². The van der Waals surface area contributed by atoms with E-state index in [1.165, 1.54) is 0 Å². The monoisotopic (exact) mass is 188 g/mol. The van der Waals surface area contributed by atoms with Crippen LogP contribution < -0.4 is 0 Å². The second kappa shape index (κ2) is 4.40. The minimum atomic E-state index is -0.450. The molecule has 0 aromatic heterocycles. The molecule has 0 amide bonds. The summed E-state index contributed by atoms with van der Waals surface area (Å²) in [6, 6.07) is 0. The molecule has 0 spiro atoms. The van der Waals surface area contributed by atoms with Crippen LogP contribution in [-0.4, -0.2) is 31.7 Å². The molecule has 0 aromatic carbocycles. The van der Waals surface area contributed by atoms with Gasteiger partial charge in [0.25, 0.3) is 0 Å². The molecule has 78 valence electrons. The number of rotatable bonds is 3. The number of ether oxygens (including phenoxy) is 3. The Morgan fingerprint density at radius 3 is 2.77 bits per heavy atom. The van der Waals surface area contributed by atoms with Gasteiger partial charge in [0.1, 0.15) is 0 Å². The molecule has 0 aliphatic carbocycles. The number of hydrogen-bond acceptors (Lipinski definition) is 3. The third-order valence-corrected chi connectivity index (χ3v) is 2.25. The molecule has 1 saturated heterocycles. The Kier molecular flexibility index (Phi) is 3.71. The fourth-order valence-corrected chi connectivity index (χ4v) is 1.39. The maximum absolute atomic E-state index is 5.74. The Morgan fingerprint density at radius 1 is 1.46 bits per heavy atom. The van der Waals surface area contributed by atoms with E-state index in [4.69, 9.17) is 14.2 Å². The Hall–Kier alpha value is -0.120. The van der Waals surface area contributed by atoms with Crippen LogP contribution in [0.5, 0.6) is 0 Å². The summed E-state index contributed by atoms with van der Waals surface area (Å²) in [6.07, 6.45) is 0.170. The molecule has 2 unspecified atom stereocenters. The van der Waals surface area contributed by atoms with E-state index in [1.54, 1.807) is 0 Å². The molecule has 2 atom stereocenters. The van der Waals surface area contributed by atoms with Gasteiger partial charge in [-0.1, -0.05) is 6.92 Å². The summed E-state index contributed by atoms with van der Waals surface area (Å²) >= 11 is 0. The van der Waals surface area contributed by atoms with Crippen molar-refractivity contribution in [3.8, 4) is 0 Å². The number of hydrogen-bond donors (Lipinski definition) is 0. The van der Waals surface area contributed by atoms with Crippen molar-refractivity contribution in [1.29, 1.82) is 0 Å². The lowest BCUT2D eigenvalue weighted by Gasteiger charge is -2.39. The molecule has 0 saturated carbocycles. The zero-order chi connectivity index (χ0) is 9.90. The Morgan fingerprint density at radius 2 is 2.15 bits per heavy atom. The first-order valence-electron chi connectivity index (χ1n) is 4.94. The largest absolute Gasteiger partial charge is 0.379 e. The molecule has 1 fully saturated rings. The van der Waals surface area contributed by atoms with Crippen LogP contribution in [0, 0.1) is 5.92 Å². The van der Waals surface area contributed by atoms with Crippen LogP contribution in [-0.2, 0) is 14.2 Å². The molecule has 1 rings (SSSR count). The molecule has 0 aromatic rings. The van der Waals surface area contributed by atoms with Crippen LogP contribution in [0.2, 0.25) is 0 Å². The summed E-state index contributed by atoms with van der Waals surface area (Å²) in [5.74, 6) is -0.0338. The van der Waals surface area contributed by atoms with Crippen LogP contribution in [0.3, 0.4) is 0 Å². The van der Waals surface area contributed by atoms with Gasteiger partial charge in [-0.3, -0.25) is 0 Å². The molecule has 1 heterocycles. The second-order valence-corrected chi connectivity index (χ2v) is 4.00. The second-order valence-electron chi connectivity index (χ2n) is 4.00. The first-order chi connectivity index (χ1) is 6.05. The zero-order valence-electron chi connectivity index (χ0n) is 9.00. The topological polar surface area (TPSA) is 27.7 Å². The maximum atomic E-state index is 5.74. The third-order valence-electron chi connectivity index (χ3n) is 2.25. The highest BCUT2D eigenvalue weighted by molar-refractivity contribution is 4.74. The average molecular weight is 188 g/mol. The lowest BCUT2D eigenvalue weighted by Crippen LogP contribution is -2.46. The fourth-order valence-electron chi connectivity index (χ4n) is 1.39. The van der Waals surface area contributed by atoms with Gasteiger partial charge in [-0.25, -0.2) is 0 Å². The smallest absolute Gasteiger partial charge is 0.163 e. The van der Waals surface area contributed by atoms with E-state index >= 15 is 0 Å². The Bertz CT molecular complexity index is 156. The predicted octanol–water partition coefficient (Wildman–Crippen LogP) is 1.81. The highest BCUT2D eigenvalue weighted by atomic mass is 16.7. The Labute approximate surface area is 80.4 Å². The van der Waals surface area contributed by atoms with Gasteiger partial charge in [0.05, 0.1) is 19.3 Å². The van der Waals surface area contributed by atoms with Crippen LogP contribution in [0.4, 0.5) is 0 Å². The fraction of sp³-hybridized carbons (Fsp3) is 1.00. The summed E-state index contributed by atoms with van der Waals surface area (Å²) in [5, 5.41) is 0. The van der Waals surface area contributed by atoms with Crippen molar-refractivity contribution < 1.29 is 14.2 Å². The van der Waals surface area contributed by atoms with Crippen LogP contribution >= 0.6 is 0 Å². The van der Waals surface area contributed by atoms with Gasteiger partial charge in [0.2, 0.25) is 0 Å². The summed E-state index contributed by atoms with van der Waals surface area (Å²) in [4.78, 5) is 0. The zero-order valence-corrected chi connectivity index (χ0v) is 9.00. The molecule has 3 heteroatoms. The molecule has 1 aliphatic heterocycles. The molecular formula is C10H20O3. The van der Waals surface area contributed by atoms with Gasteiger partial charge < -0.3 is 14.2 Å². The molecule has 1 aliphatic rings. The van der Waals surface area contributed by atoms with Gasteiger partial charge >= 0.3 is 0 Å². The van der Waals surface area contributed by atoms with Crippen molar-refractivity contribution in [2.24, 2.45) is 5.92 Å². The van der Waals surface area contributed by atoms with Crippen molar-refractivity contribution in [2.45, 2.75) is 39.6 Å². The summed E-state index contributed by atoms with van der Waals surface area (Å²) in [7, 11) is 0.